The van der Waals surface area contributed by atoms with E-state index in [4.69, 9.17) is 4.55 Å². The molecule has 124 valence electrons. The van der Waals surface area contributed by atoms with Gasteiger partial charge in [0, 0.05) is 19.3 Å². The minimum Gasteiger partial charge on any atom is -0.299 e. The molecule has 3 rings (SSSR count). The van der Waals surface area contributed by atoms with Crippen LogP contribution >= 0.6 is 0 Å². The summed E-state index contributed by atoms with van der Waals surface area (Å²) in [5.74, 6) is -0.398. The van der Waals surface area contributed by atoms with Crippen LogP contribution in [-0.2, 0) is 24.5 Å². The molecule has 8 heteroatoms. The molecule has 0 spiro atoms. The van der Waals surface area contributed by atoms with E-state index >= 15 is 0 Å². The molecule has 2 amide bonds. The lowest BCUT2D eigenvalue weighted by molar-refractivity contribution is -0.128. The van der Waals surface area contributed by atoms with Crippen LogP contribution in [0.1, 0.15) is 46.0 Å². The lowest BCUT2D eigenvalue weighted by Gasteiger charge is -2.35. The Hall–Kier alpha value is -1.28. The van der Waals surface area contributed by atoms with Crippen LogP contribution < -0.4 is 5.32 Å². The number of rotatable bonds is 2. The topological polar surface area (TPSA) is 118 Å². The van der Waals surface area contributed by atoms with E-state index in [2.05, 4.69) is 5.32 Å². The Morgan fingerprint density at radius 1 is 1.18 bits per heavy atom. The number of nitrogens with one attached hydrogen (secondary N) is 1. The molecule has 3 aliphatic rings. The molecular formula is C14H21NO6S. The lowest BCUT2D eigenvalue weighted by Crippen LogP contribution is -2.42. The number of hydrogen-bond donors (Lipinski definition) is 2. The summed E-state index contributed by atoms with van der Waals surface area (Å²) < 4.78 is 31.0. The number of ketones is 1. The van der Waals surface area contributed by atoms with Crippen LogP contribution in [0.5, 0.6) is 0 Å². The quantitative estimate of drug-likeness (QED) is 0.568. The average Bonchev–Trinajstić information content (AvgIpc) is 2.89. The molecule has 2 atom stereocenters. The van der Waals surface area contributed by atoms with Gasteiger partial charge in [0.25, 0.3) is 10.1 Å². The van der Waals surface area contributed by atoms with Crippen molar-refractivity contribution in [2.45, 2.75) is 46.0 Å². The van der Waals surface area contributed by atoms with Gasteiger partial charge in [-0.1, -0.05) is 13.8 Å². The van der Waals surface area contributed by atoms with Gasteiger partial charge in [0.2, 0.25) is 11.8 Å². The smallest absolute Gasteiger partial charge is 0.265 e. The highest BCUT2D eigenvalue weighted by molar-refractivity contribution is 7.85. The van der Waals surface area contributed by atoms with Gasteiger partial charge in [0.1, 0.15) is 5.78 Å². The Bertz CT molecular complexity index is 609. The maximum absolute atomic E-state index is 11.9. The van der Waals surface area contributed by atoms with Crippen LogP contribution in [0.25, 0.3) is 0 Å². The number of imide groups is 1. The molecule has 2 saturated carbocycles. The lowest BCUT2D eigenvalue weighted by atomic mass is 9.70. The van der Waals surface area contributed by atoms with Gasteiger partial charge in [0.05, 0.1) is 11.2 Å². The van der Waals surface area contributed by atoms with Gasteiger partial charge in [-0.25, -0.2) is 0 Å². The SMILES string of the molecule is CC1(C)C2CCC1(CS(=O)(=O)O)C(=O)C2.O=C1CCC(=O)N1. The van der Waals surface area contributed by atoms with Crippen LogP contribution in [0.4, 0.5) is 0 Å². The third-order valence-corrected chi connectivity index (χ3v) is 6.28. The third-order valence-electron chi connectivity index (χ3n) is 5.43. The van der Waals surface area contributed by atoms with E-state index in [1.54, 1.807) is 0 Å². The van der Waals surface area contributed by atoms with Crippen molar-refractivity contribution in [1.82, 2.24) is 5.32 Å². The standard InChI is InChI=1S/C10H16O4S.C4H5NO2/c1-9(2)7-3-4-10(9,8(11)5-7)6-15(12,13)14;6-3-1-2-4(7)5-3/h7H,3-6H2,1-2H3,(H,12,13,14);1-2H2,(H,5,6,7). The highest BCUT2D eigenvalue weighted by Gasteiger charge is 2.65. The number of carbonyl (C=O) groups is 3. The molecule has 2 aliphatic carbocycles. The minimum absolute atomic E-state index is 0.0152. The molecule has 2 N–H and O–H groups in total. The van der Waals surface area contributed by atoms with Crippen molar-refractivity contribution in [1.29, 1.82) is 0 Å². The van der Waals surface area contributed by atoms with Crippen LogP contribution in [-0.4, -0.2) is 36.3 Å². The molecule has 1 aliphatic heterocycles. The Labute approximate surface area is 129 Å². The molecule has 1 saturated heterocycles. The zero-order chi connectivity index (χ0) is 16.8. The molecule has 0 radical (unpaired) electrons. The molecule has 7 nitrogen and oxygen atoms in total. The molecule has 0 aromatic heterocycles. The van der Waals surface area contributed by atoms with E-state index in [9.17, 15) is 22.8 Å². The van der Waals surface area contributed by atoms with E-state index in [1.807, 2.05) is 13.8 Å². The summed E-state index contributed by atoms with van der Waals surface area (Å²) >= 11 is 0. The molecule has 0 aromatic rings. The van der Waals surface area contributed by atoms with Gasteiger partial charge in [-0.05, 0) is 24.2 Å². The van der Waals surface area contributed by atoms with Crippen LogP contribution in [0.15, 0.2) is 0 Å². The summed E-state index contributed by atoms with van der Waals surface area (Å²) in [5.41, 5.74) is -1.12. The van der Waals surface area contributed by atoms with Crippen molar-refractivity contribution < 1.29 is 27.4 Å². The van der Waals surface area contributed by atoms with E-state index in [0.717, 1.165) is 6.42 Å². The molecule has 2 unspecified atom stereocenters. The highest BCUT2D eigenvalue weighted by Crippen LogP contribution is 2.64. The highest BCUT2D eigenvalue weighted by atomic mass is 32.2. The van der Waals surface area contributed by atoms with Gasteiger partial charge >= 0.3 is 0 Å². The summed E-state index contributed by atoms with van der Waals surface area (Å²) in [6, 6.07) is 0. The van der Waals surface area contributed by atoms with Gasteiger partial charge < -0.3 is 0 Å². The number of amides is 2. The molecule has 2 bridgehead atoms. The van der Waals surface area contributed by atoms with Gasteiger partial charge in [-0.15, -0.1) is 0 Å². The zero-order valence-corrected chi connectivity index (χ0v) is 13.5. The first-order chi connectivity index (χ1) is 9.98. The van der Waals surface area contributed by atoms with Crippen molar-refractivity contribution in [3.63, 3.8) is 0 Å². The largest absolute Gasteiger partial charge is 0.299 e. The minimum atomic E-state index is -4.08. The predicted octanol–water partition coefficient (Wildman–Crippen LogP) is 0.693. The number of carbonyl (C=O) groups excluding carboxylic acids is 3. The first kappa shape index (κ1) is 17.1. The fourth-order valence-electron chi connectivity index (χ4n) is 3.93. The van der Waals surface area contributed by atoms with Crippen molar-refractivity contribution in [3.05, 3.63) is 0 Å². The van der Waals surface area contributed by atoms with Crippen molar-refractivity contribution >= 4 is 27.7 Å². The predicted molar refractivity (Wildman–Crippen MR) is 77.4 cm³/mol. The number of hydrogen-bond acceptors (Lipinski definition) is 5. The van der Waals surface area contributed by atoms with Gasteiger partial charge in [-0.2, -0.15) is 8.42 Å². The molecule has 0 aromatic carbocycles. The molecule has 3 fully saturated rings. The number of fused-ring (bicyclic) bond motifs is 2. The maximum atomic E-state index is 11.9. The third kappa shape index (κ3) is 2.94. The van der Waals surface area contributed by atoms with Gasteiger partial charge in [-0.3, -0.25) is 24.3 Å². The van der Waals surface area contributed by atoms with Crippen LogP contribution in [0.3, 0.4) is 0 Å². The van der Waals surface area contributed by atoms with E-state index in [1.165, 1.54) is 0 Å². The second-order valence-corrected chi connectivity index (χ2v) is 8.32. The molecular weight excluding hydrogens is 310 g/mol. The van der Waals surface area contributed by atoms with Crippen LogP contribution in [0.2, 0.25) is 0 Å². The van der Waals surface area contributed by atoms with Crippen molar-refractivity contribution in [2.75, 3.05) is 5.75 Å². The second-order valence-electron chi connectivity index (χ2n) is 6.86. The first-order valence-corrected chi connectivity index (χ1v) is 8.90. The normalized spacial score (nSPS) is 32.7. The van der Waals surface area contributed by atoms with Gasteiger partial charge in [0.15, 0.2) is 0 Å². The monoisotopic (exact) mass is 331 g/mol. The molecule has 22 heavy (non-hydrogen) atoms. The van der Waals surface area contributed by atoms with E-state index < -0.39 is 21.3 Å². The Morgan fingerprint density at radius 3 is 2.00 bits per heavy atom. The van der Waals surface area contributed by atoms with Crippen LogP contribution in [0, 0.1) is 16.7 Å². The zero-order valence-electron chi connectivity index (χ0n) is 12.7. The summed E-state index contributed by atoms with van der Waals surface area (Å²) in [6.07, 6.45) is 2.72. The Morgan fingerprint density at radius 2 is 1.73 bits per heavy atom. The average molecular weight is 331 g/mol. The molecule has 1 heterocycles. The second kappa shape index (κ2) is 5.42. The fourth-order valence-corrected chi connectivity index (χ4v) is 5.23. The van der Waals surface area contributed by atoms with E-state index in [0.29, 0.717) is 25.7 Å². The summed E-state index contributed by atoms with van der Waals surface area (Å²) in [4.78, 5) is 32.1. The number of Topliss-reactive ketones (excluding diaryl/α,β-unsaturated/α-hetero) is 1. The van der Waals surface area contributed by atoms with E-state index in [-0.39, 0.29) is 28.9 Å². The Balaban J connectivity index is 0.000000211. The summed E-state index contributed by atoms with van der Waals surface area (Å²) in [6.45, 7) is 3.89. The first-order valence-electron chi connectivity index (χ1n) is 7.29. The fraction of sp³-hybridized carbons (Fsp3) is 0.786. The maximum Gasteiger partial charge on any atom is 0.265 e. The summed E-state index contributed by atoms with van der Waals surface area (Å²) in [5, 5.41) is 2.14. The van der Waals surface area contributed by atoms with Crippen molar-refractivity contribution in [2.24, 2.45) is 16.7 Å². The summed E-state index contributed by atoms with van der Waals surface area (Å²) in [7, 11) is -4.08. The Kier molecular flexibility index (Phi) is 4.20. The van der Waals surface area contributed by atoms with Crippen molar-refractivity contribution in [3.8, 4) is 0 Å².